The largest absolute Gasteiger partial charge is 0.312 e. The molecule has 2 atom stereocenters. The summed E-state index contributed by atoms with van der Waals surface area (Å²) in [6.07, 6.45) is 11.9. The molecule has 2 saturated carbocycles. The van der Waals surface area contributed by atoms with Crippen molar-refractivity contribution >= 4 is 0 Å². The first-order valence-electron chi connectivity index (χ1n) is 7.96. The van der Waals surface area contributed by atoms with Crippen LogP contribution in [0.15, 0.2) is 0 Å². The minimum atomic E-state index is 0.269. The molecule has 2 aliphatic rings. The lowest BCUT2D eigenvalue weighted by Gasteiger charge is -2.32. The Morgan fingerprint density at radius 3 is 2.33 bits per heavy atom. The van der Waals surface area contributed by atoms with Crippen LogP contribution < -0.4 is 5.32 Å². The monoisotopic (exact) mass is 248 g/mol. The SMILES string of the molecule is CCC1CCC(CNC2CCCCC2C#N)CC1. The molecule has 0 aromatic carbocycles. The van der Waals surface area contributed by atoms with Crippen molar-refractivity contribution in [2.24, 2.45) is 17.8 Å². The fraction of sp³-hybridized carbons (Fsp3) is 0.938. The van der Waals surface area contributed by atoms with E-state index in [0.29, 0.717) is 6.04 Å². The highest BCUT2D eigenvalue weighted by molar-refractivity contribution is 4.94. The molecule has 2 aliphatic carbocycles. The Balaban J connectivity index is 1.69. The lowest BCUT2D eigenvalue weighted by molar-refractivity contribution is 0.236. The zero-order chi connectivity index (χ0) is 12.8. The molecule has 0 radical (unpaired) electrons. The van der Waals surface area contributed by atoms with Gasteiger partial charge in [0, 0.05) is 6.04 Å². The molecule has 0 saturated heterocycles. The highest BCUT2D eigenvalue weighted by Crippen LogP contribution is 2.31. The van der Waals surface area contributed by atoms with Gasteiger partial charge in [-0.05, 0) is 44.1 Å². The number of nitriles is 1. The molecule has 18 heavy (non-hydrogen) atoms. The smallest absolute Gasteiger partial charge is 0.0672 e. The van der Waals surface area contributed by atoms with Gasteiger partial charge in [-0.2, -0.15) is 5.26 Å². The highest BCUT2D eigenvalue weighted by atomic mass is 14.9. The predicted molar refractivity (Wildman–Crippen MR) is 75.1 cm³/mol. The van der Waals surface area contributed by atoms with Crippen LogP contribution in [0.5, 0.6) is 0 Å². The lowest BCUT2D eigenvalue weighted by Crippen LogP contribution is -2.41. The summed E-state index contributed by atoms with van der Waals surface area (Å²) in [5, 5.41) is 12.9. The minimum absolute atomic E-state index is 0.269. The Morgan fingerprint density at radius 2 is 1.67 bits per heavy atom. The molecule has 2 heteroatoms. The van der Waals surface area contributed by atoms with Crippen molar-refractivity contribution in [1.29, 1.82) is 5.26 Å². The van der Waals surface area contributed by atoms with E-state index >= 15 is 0 Å². The minimum Gasteiger partial charge on any atom is -0.312 e. The summed E-state index contributed by atoms with van der Waals surface area (Å²) in [5.41, 5.74) is 0. The fourth-order valence-electron chi connectivity index (χ4n) is 3.69. The normalized spacial score (nSPS) is 37.1. The molecule has 0 spiro atoms. The maximum absolute atomic E-state index is 9.18. The van der Waals surface area contributed by atoms with Crippen LogP contribution in [-0.4, -0.2) is 12.6 Å². The topological polar surface area (TPSA) is 35.8 Å². The number of hydrogen-bond donors (Lipinski definition) is 1. The van der Waals surface area contributed by atoms with Crippen LogP contribution in [0.2, 0.25) is 0 Å². The van der Waals surface area contributed by atoms with Crippen LogP contribution in [0.4, 0.5) is 0 Å². The average Bonchev–Trinajstić information content (AvgIpc) is 2.46. The standard InChI is InChI=1S/C16H28N2/c1-2-13-7-9-14(10-8-13)12-18-16-6-4-3-5-15(16)11-17/h13-16,18H,2-10,12H2,1H3. The molecule has 2 rings (SSSR count). The quantitative estimate of drug-likeness (QED) is 0.819. The van der Waals surface area contributed by atoms with E-state index in [0.717, 1.165) is 24.8 Å². The van der Waals surface area contributed by atoms with Crippen LogP contribution in [0.1, 0.15) is 64.7 Å². The molecule has 0 heterocycles. The third-order valence-corrected chi connectivity index (χ3v) is 5.14. The van der Waals surface area contributed by atoms with Gasteiger partial charge < -0.3 is 5.32 Å². The Bertz CT molecular complexity index is 273. The summed E-state index contributed by atoms with van der Waals surface area (Å²) < 4.78 is 0. The molecular formula is C16H28N2. The van der Waals surface area contributed by atoms with E-state index in [1.54, 1.807) is 0 Å². The molecule has 0 aromatic rings. The summed E-state index contributed by atoms with van der Waals surface area (Å²) in [6, 6.07) is 2.97. The molecule has 1 N–H and O–H groups in total. The van der Waals surface area contributed by atoms with Gasteiger partial charge in [-0.15, -0.1) is 0 Å². The van der Waals surface area contributed by atoms with Crippen molar-refractivity contribution in [3.63, 3.8) is 0 Å². The van der Waals surface area contributed by atoms with Gasteiger partial charge in [0.15, 0.2) is 0 Å². The highest BCUT2D eigenvalue weighted by Gasteiger charge is 2.26. The Kier molecular flexibility index (Phi) is 5.50. The van der Waals surface area contributed by atoms with E-state index in [4.69, 9.17) is 0 Å². The third-order valence-electron chi connectivity index (χ3n) is 5.14. The first-order chi connectivity index (χ1) is 8.83. The lowest BCUT2D eigenvalue weighted by atomic mass is 9.80. The van der Waals surface area contributed by atoms with E-state index < -0.39 is 0 Å². The van der Waals surface area contributed by atoms with E-state index in [-0.39, 0.29) is 5.92 Å². The van der Waals surface area contributed by atoms with E-state index in [2.05, 4.69) is 18.3 Å². The second-order valence-corrected chi connectivity index (χ2v) is 6.33. The fourth-order valence-corrected chi connectivity index (χ4v) is 3.69. The van der Waals surface area contributed by atoms with Gasteiger partial charge >= 0.3 is 0 Å². The van der Waals surface area contributed by atoms with Crippen molar-refractivity contribution in [1.82, 2.24) is 5.32 Å². The van der Waals surface area contributed by atoms with Crippen molar-refractivity contribution in [3.8, 4) is 6.07 Å². The average molecular weight is 248 g/mol. The van der Waals surface area contributed by atoms with Gasteiger partial charge in [0.1, 0.15) is 0 Å². The van der Waals surface area contributed by atoms with Gasteiger partial charge in [0.05, 0.1) is 12.0 Å². The van der Waals surface area contributed by atoms with Crippen LogP contribution in [0.3, 0.4) is 0 Å². The van der Waals surface area contributed by atoms with Crippen molar-refractivity contribution in [3.05, 3.63) is 0 Å². The Morgan fingerprint density at radius 1 is 1.00 bits per heavy atom. The van der Waals surface area contributed by atoms with Crippen LogP contribution in [-0.2, 0) is 0 Å². The molecule has 2 unspecified atom stereocenters. The molecule has 0 amide bonds. The van der Waals surface area contributed by atoms with Gasteiger partial charge in [0.2, 0.25) is 0 Å². The number of rotatable bonds is 4. The Hall–Kier alpha value is -0.550. The summed E-state index contributed by atoms with van der Waals surface area (Å²) in [7, 11) is 0. The zero-order valence-corrected chi connectivity index (χ0v) is 11.8. The van der Waals surface area contributed by atoms with Crippen LogP contribution in [0.25, 0.3) is 0 Å². The number of hydrogen-bond acceptors (Lipinski definition) is 2. The summed E-state index contributed by atoms with van der Waals surface area (Å²) in [5.74, 6) is 2.13. The van der Waals surface area contributed by atoms with Gasteiger partial charge in [-0.25, -0.2) is 0 Å². The van der Waals surface area contributed by atoms with E-state index in [1.807, 2.05) is 0 Å². The maximum atomic E-state index is 9.18. The zero-order valence-electron chi connectivity index (χ0n) is 11.8. The summed E-state index contributed by atoms with van der Waals surface area (Å²) >= 11 is 0. The molecule has 2 nitrogen and oxygen atoms in total. The van der Waals surface area contributed by atoms with Crippen molar-refractivity contribution in [2.75, 3.05) is 6.54 Å². The third kappa shape index (κ3) is 3.72. The molecule has 2 fully saturated rings. The predicted octanol–water partition coefficient (Wildman–Crippen LogP) is 3.87. The maximum Gasteiger partial charge on any atom is 0.0672 e. The molecular weight excluding hydrogens is 220 g/mol. The second kappa shape index (κ2) is 7.14. The summed E-state index contributed by atoms with van der Waals surface area (Å²) in [6.45, 7) is 3.47. The van der Waals surface area contributed by atoms with Crippen molar-refractivity contribution in [2.45, 2.75) is 70.8 Å². The van der Waals surface area contributed by atoms with Crippen molar-refractivity contribution < 1.29 is 0 Å². The first-order valence-corrected chi connectivity index (χ1v) is 7.96. The van der Waals surface area contributed by atoms with Crippen LogP contribution >= 0.6 is 0 Å². The molecule has 0 aromatic heterocycles. The van der Waals surface area contributed by atoms with Gasteiger partial charge in [-0.3, -0.25) is 0 Å². The molecule has 102 valence electrons. The van der Waals surface area contributed by atoms with E-state index in [1.165, 1.54) is 51.4 Å². The first kappa shape index (κ1) is 13.9. The number of nitrogens with one attached hydrogen (secondary N) is 1. The van der Waals surface area contributed by atoms with E-state index in [9.17, 15) is 5.26 Å². The summed E-state index contributed by atoms with van der Waals surface area (Å²) in [4.78, 5) is 0. The molecule has 0 aliphatic heterocycles. The number of nitrogens with zero attached hydrogens (tertiary/aromatic N) is 1. The molecule has 0 bridgehead atoms. The van der Waals surface area contributed by atoms with Gasteiger partial charge in [0.25, 0.3) is 0 Å². The van der Waals surface area contributed by atoms with Gasteiger partial charge in [-0.1, -0.05) is 39.0 Å². The Labute approximate surface area is 112 Å². The van der Waals surface area contributed by atoms with Crippen LogP contribution in [0, 0.1) is 29.1 Å². The second-order valence-electron chi connectivity index (χ2n) is 6.33.